The van der Waals surface area contributed by atoms with E-state index in [4.69, 9.17) is 15.5 Å². The van der Waals surface area contributed by atoms with E-state index in [1.165, 1.54) is 12.8 Å². The highest BCUT2D eigenvalue weighted by Crippen LogP contribution is 2.21. The molecule has 1 aliphatic carbocycles. The van der Waals surface area contributed by atoms with Crippen molar-refractivity contribution >= 4 is 16.9 Å². The van der Waals surface area contributed by atoms with Gasteiger partial charge in [0.1, 0.15) is 5.75 Å². The van der Waals surface area contributed by atoms with Crippen LogP contribution in [0.5, 0.6) is 5.75 Å². The van der Waals surface area contributed by atoms with Gasteiger partial charge in [0.25, 0.3) is 0 Å². The number of ether oxygens (including phenoxy) is 1. The highest BCUT2D eigenvalue weighted by Gasteiger charge is 2.22. The predicted octanol–water partition coefficient (Wildman–Crippen LogP) is 3.12. The second-order valence-corrected chi connectivity index (χ2v) is 7.00. The molecule has 3 aromatic rings. The van der Waals surface area contributed by atoms with Crippen LogP contribution in [-0.4, -0.2) is 34.1 Å². The number of methoxy groups -OCH3 is 1. The summed E-state index contributed by atoms with van der Waals surface area (Å²) in [6.07, 6.45) is 9.71. The van der Waals surface area contributed by atoms with E-state index in [0.29, 0.717) is 5.95 Å². The van der Waals surface area contributed by atoms with Crippen molar-refractivity contribution in [2.24, 2.45) is 5.73 Å². The van der Waals surface area contributed by atoms with E-state index in [1.54, 1.807) is 25.7 Å². The quantitative estimate of drug-likeness (QED) is 0.686. The predicted molar refractivity (Wildman–Crippen MR) is 110 cm³/mol. The number of fused-ring (bicyclic) bond motifs is 1. The third-order valence-corrected chi connectivity index (χ3v) is 5.03. The highest BCUT2D eigenvalue weighted by atomic mass is 16.5. The fraction of sp³-hybridized carbons (Fsp3) is 0.318. The van der Waals surface area contributed by atoms with Gasteiger partial charge in [0.05, 0.1) is 18.2 Å². The Morgan fingerprint density at radius 2 is 2.04 bits per heavy atom. The van der Waals surface area contributed by atoms with Gasteiger partial charge in [0.15, 0.2) is 0 Å². The van der Waals surface area contributed by atoms with Crippen LogP contribution >= 0.6 is 0 Å². The first kappa shape index (κ1) is 18.2. The van der Waals surface area contributed by atoms with Crippen LogP contribution in [0.3, 0.4) is 0 Å². The Labute approximate surface area is 164 Å². The number of hydrogen-bond acceptors (Lipinski definition) is 6. The number of nitrogens with zero attached hydrogens (tertiary/aromatic N) is 3. The van der Waals surface area contributed by atoms with Gasteiger partial charge in [-0.05, 0) is 31.0 Å². The molecule has 1 aliphatic rings. The molecule has 1 saturated carbocycles. The molecular weight excluding hydrogens is 350 g/mol. The van der Waals surface area contributed by atoms with Crippen molar-refractivity contribution in [2.75, 3.05) is 12.4 Å². The Balaban J connectivity index is 1.64. The Bertz CT molecular complexity index is 1040. The molecule has 0 aliphatic heterocycles. The summed E-state index contributed by atoms with van der Waals surface area (Å²) < 4.78 is 5.25. The Morgan fingerprint density at radius 3 is 2.89 bits per heavy atom. The minimum Gasteiger partial charge on any atom is -0.497 e. The van der Waals surface area contributed by atoms with Crippen molar-refractivity contribution in [3.8, 4) is 17.6 Å². The minimum absolute atomic E-state index is 0.137. The molecule has 0 spiro atoms. The number of hydrogen-bond donors (Lipinski definition) is 2. The van der Waals surface area contributed by atoms with Crippen LogP contribution in [0.25, 0.3) is 10.9 Å². The molecule has 1 fully saturated rings. The summed E-state index contributed by atoms with van der Waals surface area (Å²) in [6, 6.07) is 8.00. The highest BCUT2D eigenvalue weighted by molar-refractivity contribution is 5.83. The molecule has 2 aromatic heterocycles. The van der Waals surface area contributed by atoms with Crippen LogP contribution < -0.4 is 15.8 Å². The number of anilines is 1. The van der Waals surface area contributed by atoms with Gasteiger partial charge in [-0.2, -0.15) is 0 Å². The van der Waals surface area contributed by atoms with E-state index in [-0.39, 0.29) is 12.1 Å². The van der Waals surface area contributed by atoms with E-state index in [1.807, 2.05) is 24.3 Å². The van der Waals surface area contributed by atoms with Crippen molar-refractivity contribution < 1.29 is 4.74 Å². The first-order valence-corrected chi connectivity index (χ1v) is 9.52. The first-order chi connectivity index (χ1) is 13.7. The van der Waals surface area contributed by atoms with Gasteiger partial charge >= 0.3 is 0 Å². The zero-order chi connectivity index (χ0) is 19.3. The lowest BCUT2D eigenvalue weighted by atomic mass is 9.91. The summed E-state index contributed by atoms with van der Waals surface area (Å²) in [7, 11) is 1.64. The summed E-state index contributed by atoms with van der Waals surface area (Å²) in [6.45, 7) is 0. The van der Waals surface area contributed by atoms with E-state index < -0.39 is 0 Å². The summed E-state index contributed by atoms with van der Waals surface area (Å²) in [5.41, 5.74) is 8.66. The van der Waals surface area contributed by atoms with E-state index in [9.17, 15) is 0 Å². The van der Waals surface area contributed by atoms with E-state index in [0.717, 1.165) is 40.6 Å². The molecule has 142 valence electrons. The largest absolute Gasteiger partial charge is 0.497 e. The van der Waals surface area contributed by atoms with Gasteiger partial charge in [-0.3, -0.25) is 4.98 Å². The number of nitrogens with one attached hydrogen (secondary N) is 1. The zero-order valence-corrected chi connectivity index (χ0v) is 15.9. The van der Waals surface area contributed by atoms with Crippen molar-refractivity contribution in [1.82, 2.24) is 15.0 Å². The van der Waals surface area contributed by atoms with E-state index >= 15 is 0 Å². The third-order valence-electron chi connectivity index (χ3n) is 5.03. The molecule has 0 radical (unpaired) electrons. The Morgan fingerprint density at radius 1 is 1.14 bits per heavy atom. The van der Waals surface area contributed by atoms with Crippen molar-refractivity contribution in [3.05, 3.63) is 54.0 Å². The van der Waals surface area contributed by atoms with Crippen LogP contribution in [0.2, 0.25) is 0 Å². The number of aromatic nitrogens is 3. The number of nitrogens with two attached hydrogens (primary N) is 1. The molecule has 28 heavy (non-hydrogen) atoms. The van der Waals surface area contributed by atoms with Gasteiger partial charge in [-0.1, -0.05) is 30.7 Å². The molecule has 4 rings (SSSR count). The van der Waals surface area contributed by atoms with Gasteiger partial charge in [-0.25, -0.2) is 9.97 Å². The fourth-order valence-electron chi connectivity index (χ4n) is 3.46. The van der Waals surface area contributed by atoms with Gasteiger partial charge in [0.2, 0.25) is 5.95 Å². The Kier molecular flexibility index (Phi) is 5.36. The molecule has 2 heterocycles. The van der Waals surface area contributed by atoms with E-state index in [2.05, 4.69) is 27.1 Å². The number of pyridine rings is 1. The number of rotatable bonds is 3. The summed E-state index contributed by atoms with van der Waals surface area (Å²) in [5, 5.41) is 4.26. The van der Waals surface area contributed by atoms with Crippen LogP contribution in [0.15, 0.2) is 42.9 Å². The molecule has 3 N–H and O–H groups in total. The van der Waals surface area contributed by atoms with Gasteiger partial charge < -0.3 is 15.8 Å². The topological polar surface area (TPSA) is 86.0 Å². The van der Waals surface area contributed by atoms with Crippen LogP contribution in [-0.2, 0) is 0 Å². The maximum Gasteiger partial charge on any atom is 0.223 e. The molecule has 0 amide bonds. The van der Waals surface area contributed by atoms with Gasteiger partial charge in [0, 0.05) is 41.6 Å². The van der Waals surface area contributed by atoms with Crippen molar-refractivity contribution in [2.45, 2.75) is 37.8 Å². The monoisotopic (exact) mass is 373 g/mol. The maximum absolute atomic E-state index is 6.24. The second kappa shape index (κ2) is 8.24. The van der Waals surface area contributed by atoms with Crippen LogP contribution in [0, 0.1) is 11.8 Å². The first-order valence-electron chi connectivity index (χ1n) is 9.52. The SMILES string of the molecule is COc1cccc(C#Cc2cncc3cnc(N[C@H]4CCCC[C@H]4N)nc23)c1. The lowest BCUT2D eigenvalue weighted by Crippen LogP contribution is -2.42. The normalized spacial score (nSPS) is 18.9. The average Bonchev–Trinajstić information content (AvgIpc) is 2.74. The van der Waals surface area contributed by atoms with Crippen LogP contribution in [0.4, 0.5) is 5.95 Å². The Hall–Kier alpha value is -3.17. The molecule has 1 aromatic carbocycles. The smallest absolute Gasteiger partial charge is 0.223 e. The van der Waals surface area contributed by atoms with Crippen LogP contribution in [0.1, 0.15) is 36.8 Å². The fourth-order valence-corrected chi connectivity index (χ4v) is 3.46. The second-order valence-electron chi connectivity index (χ2n) is 7.00. The molecule has 0 unspecified atom stereocenters. The maximum atomic E-state index is 6.24. The molecule has 0 saturated heterocycles. The molecule has 2 atom stereocenters. The lowest BCUT2D eigenvalue weighted by Gasteiger charge is -2.29. The third kappa shape index (κ3) is 4.05. The van der Waals surface area contributed by atoms with Crippen molar-refractivity contribution in [3.63, 3.8) is 0 Å². The summed E-state index contributed by atoms with van der Waals surface area (Å²) >= 11 is 0. The molecule has 6 nitrogen and oxygen atoms in total. The standard InChI is InChI=1S/C22H23N5O/c1-28-18-6-4-5-15(11-18)9-10-16-12-24-13-17-14-25-22(27-21(16)17)26-20-8-3-2-7-19(20)23/h4-6,11-14,19-20H,2-3,7-8,23H2,1H3,(H,25,26,27)/t19-,20+/m1/s1. The summed E-state index contributed by atoms with van der Waals surface area (Å²) in [4.78, 5) is 13.4. The summed E-state index contributed by atoms with van der Waals surface area (Å²) in [5.74, 6) is 7.72. The average molecular weight is 373 g/mol. The lowest BCUT2D eigenvalue weighted by molar-refractivity contribution is 0.402. The van der Waals surface area contributed by atoms with Crippen molar-refractivity contribution in [1.29, 1.82) is 0 Å². The minimum atomic E-state index is 0.137. The zero-order valence-electron chi connectivity index (χ0n) is 15.9. The molecule has 0 bridgehead atoms. The number of benzene rings is 1. The molecule has 6 heteroatoms. The molecular formula is C22H23N5O. The van der Waals surface area contributed by atoms with Gasteiger partial charge in [-0.15, -0.1) is 0 Å².